The third-order valence-electron chi connectivity index (χ3n) is 2.53. The van der Waals surface area contributed by atoms with Crippen LogP contribution in [-0.4, -0.2) is 37.2 Å². The second-order valence-electron chi connectivity index (χ2n) is 3.27. The SMILES string of the molecule is COC(=O)C1CCCC(=NO)C1OC. The first kappa shape index (κ1) is 11.0. The number of ether oxygens (including phenoxy) is 2. The van der Waals surface area contributed by atoms with Crippen LogP contribution in [0.5, 0.6) is 0 Å². The minimum Gasteiger partial charge on any atom is -0.469 e. The number of carbonyl (C=O) groups excluding carboxylic acids is 1. The second kappa shape index (κ2) is 4.95. The van der Waals surface area contributed by atoms with Gasteiger partial charge in [0.05, 0.1) is 18.7 Å². The van der Waals surface area contributed by atoms with E-state index < -0.39 is 6.10 Å². The molecular formula is C9H15NO4. The van der Waals surface area contributed by atoms with Crippen molar-refractivity contribution in [1.82, 2.24) is 0 Å². The number of oxime groups is 1. The van der Waals surface area contributed by atoms with Crippen molar-refractivity contribution < 1.29 is 19.5 Å². The average Bonchev–Trinajstić information content (AvgIpc) is 2.26. The molecule has 2 atom stereocenters. The second-order valence-corrected chi connectivity index (χ2v) is 3.27. The summed E-state index contributed by atoms with van der Waals surface area (Å²) in [5, 5.41) is 11.9. The molecule has 1 aliphatic rings. The molecule has 1 saturated carbocycles. The monoisotopic (exact) mass is 201 g/mol. The summed E-state index contributed by atoms with van der Waals surface area (Å²) in [4.78, 5) is 11.4. The fourth-order valence-corrected chi connectivity index (χ4v) is 1.83. The van der Waals surface area contributed by atoms with Gasteiger partial charge in [0.1, 0.15) is 6.10 Å². The third-order valence-corrected chi connectivity index (χ3v) is 2.53. The molecule has 2 unspecified atom stereocenters. The molecule has 0 aromatic carbocycles. The minimum atomic E-state index is -0.443. The summed E-state index contributed by atoms with van der Waals surface area (Å²) in [6.07, 6.45) is 1.76. The van der Waals surface area contributed by atoms with Crippen LogP contribution in [0.15, 0.2) is 5.16 Å². The number of hydrogen-bond acceptors (Lipinski definition) is 5. The van der Waals surface area contributed by atoms with Crippen LogP contribution in [0.4, 0.5) is 0 Å². The van der Waals surface area contributed by atoms with Gasteiger partial charge < -0.3 is 14.7 Å². The molecule has 1 rings (SSSR count). The largest absolute Gasteiger partial charge is 0.469 e. The van der Waals surface area contributed by atoms with Gasteiger partial charge in [-0.25, -0.2) is 0 Å². The van der Waals surface area contributed by atoms with Crippen molar-refractivity contribution in [3.05, 3.63) is 0 Å². The maximum Gasteiger partial charge on any atom is 0.311 e. The van der Waals surface area contributed by atoms with Gasteiger partial charge in [-0.05, 0) is 19.3 Å². The van der Waals surface area contributed by atoms with Gasteiger partial charge in [0, 0.05) is 7.11 Å². The normalized spacial score (nSPS) is 30.3. The van der Waals surface area contributed by atoms with E-state index in [1.807, 2.05) is 0 Å². The van der Waals surface area contributed by atoms with Crippen molar-refractivity contribution in [3.63, 3.8) is 0 Å². The highest BCUT2D eigenvalue weighted by Crippen LogP contribution is 2.25. The van der Waals surface area contributed by atoms with Crippen LogP contribution in [-0.2, 0) is 14.3 Å². The van der Waals surface area contributed by atoms with E-state index in [0.29, 0.717) is 18.6 Å². The van der Waals surface area contributed by atoms with E-state index in [1.54, 1.807) is 0 Å². The molecule has 0 aromatic heterocycles. The highest BCUT2D eigenvalue weighted by Gasteiger charge is 2.36. The van der Waals surface area contributed by atoms with Crippen molar-refractivity contribution in [2.45, 2.75) is 25.4 Å². The average molecular weight is 201 g/mol. The lowest BCUT2D eigenvalue weighted by Crippen LogP contribution is -2.40. The fraction of sp³-hybridized carbons (Fsp3) is 0.778. The molecule has 5 heteroatoms. The lowest BCUT2D eigenvalue weighted by molar-refractivity contribution is -0.149. The Bertz CT molecular complexity index is 239. The molecule has 1 fully saturated rings. The Labute approximate surface area is 82.7 Å². The minimum absolute atomic E-state index is 0.308. The topological polar surface area (TPSA) is 68.1 Å². The summed E-state index contributed by atoms with van der Waals surface area (Å²) in [5.74, 6) is -0.651. The number of hydrogen-bond donors (Lipinski definition) is 1. The molecule has 5 nitrogen and oxygen atoms in total. The van der Waals surface area contributed by atoms with Crippen molar-refractivity contribution in [3.8, 4) is 0 Å². The Morgan fingerprint density at radius 3 is 2.79 bits per heavy atom. The smallest absolute Gasteiger partial charge is 0.311 e. The van der Waals surface area contributed by atoms with Crippen molar-refractivity contribution in [2.75, 3.05) is 14.2 Å². The predicted octanol–water partition coefficient (Wildman–Crippen LogP) is 0.805. The lowest BCUT2D eigenvalue weighted by atomic mass is 9.85. The van der Waals surface area contributed by atoms with Gasteiger partial charge in [0.2, 0.25) is 0 Å². The molecule has 0 aliphatic heterocycles. The van der Waals surface area contributed by atoms with Gasteiger partial charge in [-0.2, -0.15) is 0 Å². The highest BCUT2D eigenvalue weighted by atomic mass is 16.5. The van der Waals surface area contributed by atoms with E-state index >= 15 is 0 Å². The number of rotatable bonds is 2. The van der Waals surface area contributed by atoms with Gasteiger partial charge in [-0.1, -0.05) is 5.16 Å². The van der Waals surface area contributed by atoms with E-state index in [9.17, 15) is 4.79 Å². The molecule has 80 valence electrons. The van der Waals surface area contributed by atoms with Crippen molar-refractivity contribution in [1.29, 1.82) is 0 Å². The van der Waals surface area contributed by atoms with Crippen LogP contribution in [0.25, 0.3) is 0 Å². The fourth-order valence-electron chi connectivity index (χ4n) is 1.83. The first-order valence-corrected chi connectivity index (χ1v) is 4.56. The third kappa shape index (κ3) is 2.04. The van der Waals surface area contributed by atoms with E-state index in [-0.39, 0.29) is 11.9 Å². The highest BCUT2D eigenvalue weighted by molar-refractivity contribution is 5.93. The zero-order valence-electron chi connectivity index (χ0n) is 8.40. The standard InChI is InChI=1S/C9H15NO4/c1-13-8-6(9(11)14-2)4-3-5-7(8)10-12/h6,8,12H,3-5H2,1-2H3. The molecule has 0 heterocycles. The quantitative estimate of drug-likeness (QED) is 0.407. The molecule has 1 N–H and O–H groups in total. The first-order chi connectivity index (χ1) is 6.74. The van der Waals surface area contributed by atoms with Crippen LogP contribution < -0.4 is 0 Å². The molecule has 0 saturated heterocycles. The molecular weight excluding hydrogens is 186 g/mol. The van der Waals surface area contributed by atoms with Gasteiger partial charge in [-0.15, -0.1) is 0 Å². The first-order valence-electron chi connectivity index (χ1n) is 4.56. The number of carbonyl (C=O) groups is 1. The Balaban J connectivity index is 2.78. The van der Waals surface area contributed by atoms with Crippen LogP contribution in [0.3, 0.4) is 0 Å². The Kier molecular flexibility index (Phi) is 3.88. The van der Waals surface area contributed by atoms with Gasteiger partial charge in [0.25, 0.3) is 0 Å². The summed E-state index contributed by atoms with van der Waals surface area (Å²) in [5.41, 5.74) is 0.522. The summed E-state index contributed by atoms with van der Waals surface area (Å²) in [6, 6.07) is 0. The molecule has 0 bridgehead atoms. The molecule has 0 aromatic rings. The maximum atomic E-state index is 11.4. The van der Waals surface area contributed by atoms with Crippen LogP contribution in [0.2, 0.25) is 0 Å². The molecule has 0 spiro atoms. The van der Waals surface area contributed by atoms with Crippen LogP contribution in [0.1, 0.15) is 19.3 Å². The number of methoxy groups -OCH3 is 2. The van der Waals surface area contributed by atoms with Gasteiger partial charge >= 0.3 is 5.97 Å². The van der Waals surface area contributed by atoms with E-state index in [4.69, 9.17) is 9.94 Å². The summed E-state index contributed by atoms with van der Waals surface area (Å²) < 4.78 is 9.80. The van der Waals surface area contributed by atoms with E-state index in [0.717, 1.165) is 6.42 Å². The lowest BCUT2D eigenvalue weighted by Gasteiger charge is -2.28. The van der Waals surface area contributed by atoms with Gasteiger partial charge in [0.15, 0.2) is 0 Å². The molecule has 1 aliphatic carbocycles. The zero-order chi connectivity index (χ0) is 10.6. The Hall–Kier alpha value is -1.10. The van der Waals surface area contributed by atoms with Gasteiger partial charge in [-0.3, -0.25) is 4.79 Å². The van der Waals surface area contributed by atoms with Crippen LogP contribution >= 0.6 is 0 Å². The maximum absolute atomic E-state index is 11.4. The summed E-state index contributed by atoms with van der Waals surface area (Å²) in [7, 11) is 2.84. The summed E-state index contributed by atoms with van der Waals surface area (Å²) >= 11 is 0. The van der Waals surface area contributed by atoms with E-state index in [2.05, 4.69) is 9.89 Å². The predicted molar refractivity (Wildman–Crippen MR) is 49.4 cm³/mol. The van der Waals surface area contributed by atoms with Crippen molar-refractivity contribution in [2.24, 2.45) is 11.1 Å². The van der Waals surface area contributed by atoms with E-state index in [1.165, 1.54) is 14.2 Å². The number of nitrogens with zero attached hydrogens (tertiary/aromatic N) is 1. The van der Waals surface area contributed by atoms with Crippen LogP contribution in [0, 0.1) is 5.92 Å². The Morgan fingerprint density at radius 1 is 1.57 bits per heavy atom. The number of esters is 1. The molecule has 0 amide bonds. The molecule has 0 radical (unpaired) electrons. The molecule has 14 heavy (non-hydrogen) atoms. The van der Waals surface area contributed by atoms with Crippen molar-refractivity contribution >= 4 is 11.7 Å². The zero-order valence-corrected chi connectivity index (χ0v) is 8.40. The Morgan fingerprint density at radius 2 is 2.29 bits per heavy atom. The summed E-state index contributed by atoms with van der Waals surface area (Å²) in [6.45, 7) is 0.